The fraction of sp³-hybridized carbons (Fsp3) is 0.333. The van der Waals surface area contributed by atoms with Gasteiger partial charge in [-0.15, -0.1) is 0 Å². The molecule has 106 valence electrons. The molecular formula is C15H18N2O3. The van der Waals surface area contributed by atoms with E-state index in [-0.39, 0.29) is 0 Å². The standard InChI is InChI=1S/C15H18N2O3/c1-3-19-14-6-4-5-13(11-18)15(14)20-10-9-17-8-7-16-12(17)2/h4-8,11H,3,9-10H2,1-2H3. The lowest BCUT2D eigenvalue weighted by atomic mass is 10.2. The molecule has 0 spiro atoms. The van der Waals surface area contributed by atoms with Crippen molar-refractivity contribution in [1.29, 1.82) is 0 Å². The molecule has 0 aliphatic carbocycles. The van der Waals surface area contributed by atoms with Crippen LogP contribution in [0.3, 0.4) is 0 Å². The number of aldehydes is 1. The van der Waals surface area contributed by atoms with Gasteiger partial charge in [0, 0.05) is 12.4 Å². The molecule has 0 unspecified atom stereocenters. The molecule has 1 heterocycles. The highest BCUT2D eigenvalue weighted by Gasteiger charge is 2.10. The van der Waals surface area contributed by atoms with Gasteiger partial charge in [-0.2, -0.15) is 0 Å². The van der Waals surface area contributed by atoms with Crippen molar-refractivity contribution in [1.82, 2.24) is 9.55 Å². The Balaban J connectivity index is 2.07. The summed E-state index contributed by atoms with van der Waals surface area (Å²) in [6.45, 7) is 5.48. The predicted octanol–water partition coefficient (Wildman–Crippen LogP) is 2.48. The van der Waals surface area contributed by atoms with Crippen molar-refractivity contribution in [3.05, 3.63) is 42.0 Å². The Kier molecular flexibility index (Phi) is 4.76. The van der Waals surface area contributed by atoms with E-state index in [4.69, 9.17) is 9.47 Å². The summed E-state index contributed by atoms with van der Waals surface area (Å²) in [4.78, 5) is 15.2. The molecule has 2 rings (SSSR count). The molecule has 0 saturated carbocycles. The second-order valence-electron chi connectivity index (χ2n) is 4.24. The van der Waals surface area contributed by atoms with Gasteiger partial charge in [-0.25, -0.2) is 4.98 Å². The highest BCUT2D eigenvalue weighted by atomic mass is 16.5. The van der Waals surface area contributed by atoms with Gasteiger partial charge in [-0.1, -0.05) is 6.07 Å². The summed E-state index contributed by atoms with van der Waals surface area (Å²) >= 11 is 0. The third-order valence-corrected chi connectivity index (χ3v) is 2.94. The lowest BCUT2D eigenvalue weighted by Crippen LogP contribution is -2.10. The Morgan fingerprint density at radius 3 is 2.85 bits per heavy atom. The quantitative estimate of drug-likeness (QED) is 0.728. The molecule has 5 heteroatoms. The Morgan fingerprint density at radius 1 is 1.35 bits per heavy atom. The molecule has 0 N–H and O–H groups in total. The van der Waals surface area contributed by atoms with E-state index in [1.54, 1.807) is 24.4 Å². The van der Waals surface area contributed by atoms with Crippen LogP contribution < -0.4 is 9.47 Å². The van der Waals surface area contributed by atoms with E-state index in [0.717, 1.165) is 12.1 Å². The zero-order valence-electron chi connectivity index (χ0n) is 11.7. The highest BCUT2D eigenvalue weighted by molar-refractivity contribution is 5.81. The van der Waals surface area contributed by atoms with Crippen LogP contribution in [0.4, 0.5) is 0 Å². The Labute approximate surface area is 118 Å². The number of imidazole rings is 1. The minimum Gasteiger partial charge on any atom is -0.490 e. The fourth-order valence-corrected chi connectivity index (χ4v) is 1.94. The minimum atomic E-state index is 0.447. The summed E-state index contributed by atoms with van der Waals surface area (Å²) in [5.74, 6) is 2.03. The van der Waals surface area contributed by atoms with Crippen LogP contribution in [0.2, 0.25) is 0 Å². The first kappa shape index (κ1) is 14.1. The van der Waals surface area contributed by atoms with Crippen molar-refractivity contribution in [3.63, 3.8) is 0 Å². The van der Waals surface area contributed by atoms with E-state index >= 15 is 0 Å². The van der Waals surface area contributed by atoms with E-state index in [2.05, 4.69) is 4.98 Å². The van der Waals surface area contributed by atoms with Crippen LogP contribution >= 0.6 is 0 Å². The largest absolute Gasteiger partial charge is 0.490 e. The Morgan fingerprint density at radius 2 is 2.20 bits per heavy atom. The summed E-state index contributed by atoms with van der Waals surface area (Å²) in [7, 11) is 0. The fourth-order valence-electron chi connectivity index (χ4n) is 1.94. The average molecular weight is 274 g/mol. The van der Waals surface area contributed by atoms with E-state index in [9.17, 15) is 4.79 Å². The summed E-state index contributed by atoms with van der Waals surface area (Å²) in [6, 6.07) is 5.29. The van der Waals surface area contributed by atoms with Gasteiger partial charge in [0.05, 0.1) is 18.7 Å². The lowest BCUT2D eigenvalue weighted by molar-refractivity contribution is 0.111. The number of para-hydroxylation sites is 1. The minimum absolute atomic E-state index is 0.447. The van der Waals surface area contributed by atoms with E-state index in [1.165, 1.54) is 0 Å². The number of benzene rings is 1. The average Bonchev–Trinajstić information content (AvgIpc) is 2.86. The SMILES string of the molecule is CCOc1cccc(C=O)c1OCCn1ccnc1C. The van der Waals surface area contributed by atoms with Crippen molar-refractivity contribution < 1.29 is 14.3 Å². The molecule has 0 amide bonds. The summed E-state index contributed by atoms with van der Waals surface area (Å²) in [5, 5.41) is 0. The third-order valence-electron chi connectivity index (χ3n) is 2.94. The number of hydrogen-bond donors (Lipinski definition) is 0. The summed E-state index contributed by atoms with van der Waals surface area (Å²) < 4.78 is 13.2. The molecule has 1 aromatic carbocycles. The van der Waals surface area contributed by atoms with Crippen LogP contribution in [-0.4, -0.2) is 29.1 Å². The van der Waals surface area contributed by atoms with Gasteiger partial charge < -0.3 is 14.0 Å². The second-order valence-corrected chi connectivity index (χ2v) is 4.24. The van der Waals surface area contributed by atoms with Crippen molar-refractivity contribution in [2.24, 2.45) is 0 Å². The Hall–Kier alpha value is -2.30. The predicted molar refractivity (Wildman–Crippen MR) is 75.5 cm³/mol. The lowest BCUT2D eigenvalue weighted by Gasteiger charge is -2.14. The van der Waals surface area contributed by atoms with Crippen molar-refractivity contribution in [2.75, 3.05) is 13.2 Å². The molecular weight excluding hydrogens is 256 g/mol. The van der Waals surface area contributed by atoms with Gasteiger partial charge in [-0.3, -0.25) is 4.79 Å². The first-order chi connectivity index (χ1) is 9.76. The normalized spacial score (nSPS) is 10.3. The maximum absolute atomic E-state index is 11.1. The monoisotopic (exact) mass is 274 g/mol. The smallest absolute Gasteiger partial charge is 0.171 e. The maximum atomic E-state index is 11.1. The molecule has 20 heavy (non-hydrogen) atoms. The molecule has 0 aliphatic heterocycles. The number of aromatic nitrogens is 2. The molecule has 0 aliphatic rings. The number of hydrogen-bond acceptors (Lipinski definition) is 4. The van der Waals surface area contributed by atoms with Gasteiger partial charge >= 0.3 is 0 Å². The van der Waals surface area contributed by atoms with E-state index in [0.29, 0.717) is 36.8 Å². The highest BCUT2D eigenvalue weighted by Crippen LogP contribution is 2.30. The molecule has 0 atom stereocenters. The van der Waals surface area contributed by atoms with E-state index in [1.807, 2.05) is 24.6 Å². The van der Waals surface area contributed by atoms with Crippen molar-refractivity contribution >= 4 is 6.29 Å². The van der Waals surface area contributed by atoms with Crippen molar-refractivity contribution in [3.8, 4) is 11.5 Å². The first-order valence-electron chi connectivity index (χ1n) is 6.57. The first-order valence-corrected chi connectivity index (χ1v) is 6.57. The molecule has 1 aromatic heterocycles. The van der Waals surface area contributed by atoms with Crippen molar-refractivity contribution in [2.45, 2.75) is 20.4 Å². The summed E-state index contributed by atoms with van der Waals surface area (Å²) in [6.07, 6.45) is 4.43. The number of carbonyl (C=O) groups excluding carboxylic acids is 1. The molecule has 0 bridgehead atoms. The second kappa shape index (κ2) is 6.75. The van der Waals surface area contributed by atoms with Gasteiger partial charge in [-0.05, 0) is 26.0 Å². The van der Waals surface area contributed by atoms with Crippen LogP contribution in [0.1, 0.15) is 23.1 Å². The van der Waals surface area contributed by atoms with Crippen LogP contribution in [-0.2, 0) is 6.54 Å². The zero-order valence-corrected chi connectivity index (χ0v) is 11.7. The third kappa shape index (κ3) is 3.17. The maximum Gasteiger partial charge on any atom is 0.171 e. The van der Waals surface area contributed by atoms with Crippen LogP contribution in [0.15, 0.2) is 30.6 Å². The number of ether oxygens (including phenoxy) is 2. The van der Waals surface area contributed by atoms with Gasteiger partial charge in [0.1, 0.15) is 12.4 Å². The van der Waals surface area contributed by atoms with E-state index < -0.39 is 0 Å². The molecule has 5 nitrogen and oxygen atoms in total. The molecule has 0 radical (unpaired) electrons. The molecule has 0 fully saturated rings. The van der Waals surface area contributed by atoms with Crippen LogP contribution in [0.25, 0.3) is 0 Å². The van der Waals surface area contributed by atoms with Crippen LogP contribution in [0, 0.1) is 6.92 Å². The summed E-state index contributed by atoms with van der Waals surface area (Å²) in [5.41, 5.74) is 0.498. The number of aryl methyl sites for hydroxylation is 1. The molecule has 2 aromatic rings. The topological polar surface area (TPSA) is 53.4 Å². The zero-order chi connectivity index (χ0) is 14.4. The van der Waals surface area contributed by atoms with Crippen LogP contribution in [0.5, 0.6) is 11.5 Å². The van der Waals surface area contributed by atoms with Gasteiger partial charge in [0.25, 0.3) is 0 Å². The molecule has 0 saturated heterocycles. The number of carbonyl (C=O) groups is 1. The van der Waals surface area contributed by atoms with Gasteiger partial charge in [0.15, 0.2) is 17.8 Å². The number of rotatable bonds is 7. The van der Waals surface area contributed by atoms with Gasteiger partial charge in [0.2, 0.25) is 0 Å². The Bertz CT molecular complexity index is 578. The number of nitrogens with zero attached hydrogens (tertiary/aromatic N) is 2.